The largest absolute Gasteiger partial charge is 0.444 e. The molecule has 3 rings (SSSR count). The average molecular weight is 311 g/mol. The fraction of sp³-hybridized carbons (Fsp3) is 0.941. The minimum absolute atomic E-state index is 0.0626. The van der Waals surface area contributed by atoms with Crippen LogP contribution in [-0.2, 0) is 9.47 Å². The summed E-state index contributed by atoms with van der Waals surface area (Å²) in [6.07, 6.45) is 5.60. The molecule has 2 atom stereocenters. The summed E-state index contributed by atoms with van der Waals surface area (Å²) in [7, 11) is 0. The van der Waals surface area contributed by atoms with Crippen LogP contribution in [0.4, 0.5) is 4.79 Å². The first-order valence-electron chi connectivity index (χ1n) is 8.57. The number of aliphatic hydroxyl groups is 1. The van der Waals surface area contributed by atoms with Crippen molar-refractivity contribution in [2.24, 2.45) is 5.92 Å². The lowest BCUT2D eigenvalue weighted by molar-refractivity contribution is -0.145. The van der Waals surface area contributed by atoms with Crippen LogP contribution in [0.15, 0.2) is 0 Å². The van der Waals surface area contributed by atoms with Gasteiger partial charge in [-0.3, -0.25) is 4.90 Å². The van der Waals surface area contributed by atoms with Crippen molar-refractivity contribution in [2.75, 3.05) is 13.2 Å². The lowest BCUT2D eigenvalue weighted by Gasteiger charge is -2.52. The van der Waals surface area contributed by atoms with E-state index in [9.17, 15) is 9.90 Å². The van der Waals surface area contributed by atoms with Crippen molar-refractivity contribution in [2.45, 2.75) is 82.6 Å². The normalized spacial score (nSPS) is 35.9. The van der Waals surface area contributed by atoms with E-state index in [4.69, 9.17) is 9.47 Å². The molecule has 2 bridgehead atoms. The average Bonchev–Trinajstić information content (AvgIpc) is 2.30. The Kier molecular flexibility index (Phi) is 4.14. The van der Waals surface area contributed by atoms with Crippen molar-refractivity contribution in [3.05, 3.63) is 0 Å². The first-order valence-corrected chi connectivity index (χ1v) is 8.57. The van der Waals surface area contributed by atoms with Gasteiger partial charge in [-0.05, 0) is 46.0 Å². The van der Waals surface area contributed by atoms with Gasteiger partial charge in [0.15, 0.2) is 0 Å². The molecule has 0 aromatic rings. The van der Waals surface area contributed by atoms with Gasteiger partial charge >= 0.3 is 6.09 Å². The molecule has 5 nitrogen and oxygen atoms in total. The number of piperidine rings is 1. The van der Waals surface area contributed by atoms with Crippen molar-refractivity contribution in [1.29, 1.82) is 0 Å². The second-order valence-corrected chi connectivity index (χ2v) is 8.37. The topological polar surface area (TPSA) is 59.0 Å². The van der Waals surface area contributed by atoms with Gasteiger partial charge < -0.3 is 14.6 Å². The van der Waals surface area contributed by atoms with Gasteiger partial charge in [0.2, 0.25) is 0 Å². The van der Waals surface area contributed by atoms with Gasteiger partial charge in [-0.2, -0.15) is 0 Å². The zero-order valence-corrected chi connectivity index (χ0v) is 14.0. The van der Waals surface area contributed by atoms with Crippen LogP contribution in [0.2, 0.25) is 0 Å². The summed E-state index contributed by atoms with van der Waals surface area (Å²) in [4.78, 5) is 14.3. The summed E-state index contributed by atoms with van der Waals surface area (Å²) < 4.78 is 11.2. The third kappa shape index (κ3) is 3.40. The summed E-state index contributed by atoms with van der Waals surface area (Å²) >= 11 is 0. The molecule has 5 heteroatoms. The van der Waals surface area contributed by atoms with E-state index < -0.39 is 11.2 Å². The van der Waals surface area contributed by atoms with E-state index in [2.05, 4.69) is 0 Å². The summed E-state index contributed by atoms with van der Waals surface area (Å²) in [5.74, 6) is 0.666. The molecule has 3 aliphatic rings. The number of amides is 1. The maximum atomic E-state index is 12.5. The molecule has 0 aromatic carbocycles. The Morgan fingerprint density at radius 1 is 1.27 bits per heavy atom. The van der Waals surface area contributed by atoms with E-state index in [1.807, 2.05) is 25.7 Å². The molecule has 2 unspecified atom stereocenters. The van der Waals surface area contributed by atoms with E-state index in [1.165, 1.54) is 19.3 Å². The van der Waals surface area contributed by atoms with Gasteiger partial charge in [0.05, 0.1) is 30.9 Å². The van der Waals surface area contributed by atoms with Gasteiger partial charge in [0.1, 0.15) is 5.60 Å². The second kappa shape index (κ2) is 5.68. The Labute approximate surface area is 133 Å². The van der Waals surface area contributed by atoms with E-state index in [1.54, 1.807) is 0 Å². The molecule has 126 valence electrons. The fourth-order valence-corrected chi connectivity index (χ4v) is 4.09. The SMILES string of the molecule is CC(C)(C)OC(=O)N1C2COCC1CC(O)(CC1CCC1)C2. The lowest BCUT2D eigenvalue weighted by Crippen LogP contribution is -2.64. The quantitative estimate of drug-likeness (QED) is 0.852. The molecule has 0 radical (unpaired) electrons. The molecule has 2 aliphatic heterocycles. The molecular formula is C17H29NO4. The zero-order chi connectivity index (χ0) is 16.0. The Hall–Kier alpha value is -0.810. The lowest BCUT2D eigenvalue weighted by atomic mass is 9.71. The monoisotopic (exact) mass is 311 g/mol. The maximum Gasteiger partial charge on any atom is 0.410 e. The third-order valence-corrected chi connectivity index (χ3v) is 5.14. The minimum Gasteiger partial charge on any atom is -0.444 e. The minimum atomic E-state index is -0.636. The number of nitrogens with zero attached hydrogens (tertiary/aromatic N) is 1. The van der Waals surface area contributed by atoms with Gasteiger partial charge in [-0.25, -0.2) is 4.79 Å². The van der Waals surface area contributed by atoms with Crippen LogP contribution in [0.3, 0.4) is 0 Å². The predicted molar refractivity (Wildman–Crippen MR) is 82.6 cm³/mol. The molecule has 1 aliphatic carbocycles. The van der Waals surface area contributed by atoms with Crippen molar-refractivity contribution < 1.29 is 19.4 Å². The number of rotatable bonds is 2. The van der Waals surface area contributed by atoms with Gasteiger partial charge in [-0.15, -0.1) is 0 Å². The molecule has 2 saturated heterocycles. The van der Waals surface area contributed by atoms with Gasteiger partial charge in [0.25, 0.3) is 0 Å². The summed E-state index contributed by atoms with van der Waals surface area (Å²) in [6.45, 7) is 6.65. The van der Waals surface area contributed by atoms with Crippen LogP contribution in [0.5, 0.6) is 0 Å². The highest BCUT2D eigenvalue weighted by Crippen LogP contribution is 2.42. The standard InChI is InChI=1S/C17H29NO4/c1-16(2,3)22-15(19)18-13-8-17(20,7-12-5-4-6-12)9-14(18)11-21-10-13/h12-14,20H,4-11H2,1-3H3. The fourth-order valence-electron chi connectivity index (χ4n) is 4.09. The molecule has 3 fully saturated rings. The summed E-state index contributed by atoms with van der Waals surface area (Å²) in [5, 5.41) is 11.0. The molecule has 0 aromatic heterocycles. The van der Waals surface area contributed by atoms with Gasteiger partial charge in [0, 0.05) is 0 Å². The molecule has 2 heterocycles. The van der Waals surface area contributed by atoms with Crippen molar-refractivity contribution in [3.8, 4) is 0 Å². The highest BCUT2D eigenvalue weighted by molar-refractivity contribution is 5.69. The van der Waals surface area contributed by atoms with Crippen molar-refractivity contribution in [1.82, 2.24) is 4.90 Å². The van der Waals surface area contributed by atoms with E-state index in [0.717, 1.165) is 6.42 Å². The maximum absolute atomic E-state index is 12.5. The molecule has 1 saturated carbocycles. The molecule has 1 N–H and O–H groups in total. The molecular weight excluding hydrogens is 282 g/mol. The van der Waals surface area contributed by atoms with Gasteiger partial charge in [-0.1, -0.05) is 19.3 Å². The number of morpholine rings is 1. The molecule has 0 spiro atoms. The second-order valence-electron chi connectivity index (χ2n) is 8.37. The van der Waals surface area contributed by atoms with Crippen LogP contribution in [0, 0.1) is 5.92 Å². The first kappa shape index (κ1) is 16.1. The predicted octanol–water partition coefficient (Wildman–Crippen LogP) is 2.71. The van der Waals surface area contributed by atoms with E-state index in [-0.39, 0.29) is 18.2 Å². The van der Waals surface area contributed by atoms with E-state index in [0.29, 0.717) is 32.0 Å². The van der Waals surface area contributed by atoms with Crippen LogP contribution >= 0.6 is 0 Å². The molecule has 1 amide bonds. The highest BCUT2D eigenvalue weighted by atomic mass is 16.6. The van der Waals surface area contributed by atoms with E-state index >= 15 is 0 Å². The Balaban J connectivity index is 1.69. The Morgan fingerprint density at radius 2 is 1.86 bits per heavy atom. The smallest absolute Gasteiger partial charge is 0.410 e. The third-order valence-electron chi connectivity index (χ3n) is 5.14. The number of hydrogen-bond acceptors (Lipinski definition) is 4. The number of carbonyl (C=O) groups excluding carboxylic acids is 1. The van der Waals surface area contributed by atoms with Crippen LogP contribution in [-0.4, -0.2) is 52.6 Å². The zero-order valence-electron chi connectivity index (χ0n) is 14.0. The number of fused-ring (bicyclic) bond motifs is 2. The van der Waals surface area contributed by atoms with Crippen LogP contribution < -0.4 is 0 Å². The Bertz CT molecular complexity index is 413. The first-order chi connectivity index (χ1) is 10.3. The van der Waals surface area contributed by atoms with Crippen LogP contribution in [0.1, 0.15) is 59.3 Å². The summed E-state index contributed by atoms with van der Waals surface area (Å²) in [6, 6.07) is -0.125. The number of ether oxygens (including phenoxy) is 2. The number of hydrogen-bond donors (Lipinski definition) is 1. The Morgan fingerprint density at radius 3 is 2.32 bits per heavy atom. The highest BCUT2D eigenvalue weighted by Gasteiger charge is 2.49. The molecule has 22 heavy (non-hydrogen) atoms. The number of carbonyl (C=O) groups is 1. The van der Waals surface area contributed by atoms with Crippen LogP contribution in [0.25, 0.3) is 0 Å². The van der Waals surface area contributed by atoms with Crippen molar-refractivity contribution in [3.63, 3.8) is 0 Å². The van der Waals surface area contributed by atoms with Crippen molar-refractivity contribution >= 4 is 6.09 Å². The summed E-state index contributed by atoms with van der Waals surface area (Å²) in [5.41, 5.74) is -1.13.